The Labute approximate surface area is 97.0 Å². The van der Waals surface area contributed by atoms with Gasteiger partial charge in [0, 0.05) is 6.07 Å². The zero-order valence-electron chi connectivity index (χ0n) is 9.14. The molecule has 0 unspecified atom stereocenters. The van der Waals surface area contributed by atoms with Gasteiger partial charge in [-0.15, -0.1) is 0 Å². The first kappa shape index (κ1) is 11.3. The van der Waals surface area contributed by atoms with Crippen molar-refractivity contribution >= 4 is 6.29 Å². The predicted octanol–water partition coefficient (Wildman–Crippen LogP) is 2.51. The third-order valence-electron chi connectivity index (χ3n) is 2.17. The largest absolute Gasteiger partial charge is 0.483 e. The molecule has 0 N–H and O–H groups in total. The van der Waals surface area contributed by atoms with E-state index < -0.39 is 5.82 Å². The molecule has 0 bridgehead atoms. The van der Waals surface area contributed by atoms with Gasteiger partial charge in [0.25, 0.3) is 0 Å². The molecule has 0 aliphatic carbocycles. The molecule has 1 aromatic carbocycles. The van der Waals surface area contributed by atoms with Gasteiger partial charge in [0.05, 0.1) is 5.56 Å². The van der Waals surface area contributed by atoms with E-state index in [1.54, 1.807) is 13.0 Å². The number of ether oxygens (including phenoxy) is 1. The van der Waals surface area contributed by atoms with Gasteiger partial charge in [-0.2, -0.15) is 0 Å². The molecule has 0 radical (unpaired) electrons. The van der Waals surface area contributed by atoms with Crippen LogP contribution in [0.5, 0.6) is 5.75 Å². The number of hydrogen-bond acceptors (Lipinski definition) is 4. The van der Waals surface area contributed by atoms with Gasteiger partial charge in [-0.25, -0.2) is 4.39 Å². The smallest absolute Gasteiger partial charge is 0.166 e. The van der Waals surface area contributed by atoms with Crippen molar-refractivity contribution < 1.29 is 18.4 Å². The normalized spacial score (nSPS) is 10.2. The molecule has 2 aromatic rings. The Bertz CT molecular complexity index is 536. The monoisotopic (exact) mass is 235 g/mol. The fraction of sp³-hybridized carbons (Fsp3) is 0.167. The van der Waals surface area contributed by atoms with Crippen LogP contribution in [0.2, 0.25) is 0 Å². The Morgan fingerprint density at radius 3 is 3.00 bits per heavy atom. The number of para-hydroxylation sites is 1. The average molecular weight is 235 g/mol. The Balaban J connectivity index is 2.16. The quantitative estimate of drug-likeness (QED) is 0.764. The number of carbonyl (C=O) groups excluding carboxylic acids is 1. The van der Waals surface area contributed by atoms with Crippen LogP contribution in [0, 0.1) is 12.7 Å². The van der Waals surface area contributed by atoms with Gasteiger partial charge in [-0.3, -0.25) is 4.79 Å². The Morgan fingerprint density at radius 1 is 1.53 bits per heavy atom. The zero-order valence-corrected chi connectivity index (χ0v) is 9.14. The van der Waals surface area contributed by atoms with Crippen molar-refractivity contribution in [3.63, 3.8) is 0 Å². The molecule has 1 heterocycles. The van der Waals surface area contributed by atoms with Crippen LogP contribution in [-0.4, -0.2) is 11.4 Å². The average Bonchev–Trinajstić information content (AvgIpc) is 2.73. The molecule has 88 valence electrons. The van der Waals surface area contributed by atoms with Crippen LogP contribution in [0.3, 0.4) is 0 Å². The van der Waals surface area contributed by atoms with Crippen molar-refractivity contribution in [3.05, 3.63) is 47.1 Å². The first-order valence-corrected chi connectivity index (χ1v) is 4.99. The van der Waals surface area contributed by atoms with Gasteiger partial charge in [-0.1, -0.05) is 11.2 Å². The van der Waals surface area contributed by atoms with E-state index in [9.17, 15) is 9.18 Å². The maximum absolute atomic E-state index is 13.4. The summed E-state index contributed by atoms with van der Waals surface area (Å²) in [6, 6.07) is 5.85. The summed E-state index contributed by atoms with van der Waals surface area (Å²) in [6.45, 7) is 1.80. The molecule has 0 saturated carbocycles. The number of nitrogens with zero attached hydrogens (tertiary/aromatic N) is 1. The van der Waals surface area contributed by atoms with E-state index in [1.807, 2.05) is 0 Å². The maximum atomic E-state index is 13.4. The number of aryl methyl sites for hydroxylation is 1. The molecule has 0 atom stereocenters. The highest BCUT2D eigenvalue weighted by Gasteiger charge is 2.10. The molecule has 1 aromatic heterocycles. The molecule has 4 nitrogen and oxygen atoms in total. The summed E-state index contributed by atoms with van der Waals surface area (Å²) in [5.41, 5.74) is 0.716. The second-order valence-corrected chi connectivity index (χ2v) is 3.49. The van der Waals surface area contributed by atoms with E-state index >= 15 is 0 Å². The van der Waals surface area contributed by atoms with Crippen molar-refractivity contribution in [1.82, 2.24) is 5.16 Å². The third kappa shape index (κ3) is 2.50. The first-order valence-electron chi connectivity index (χ1n) is 4.99. The van der Waals surface area contributed by atoms with Crippen molar-refractivity contribution in [1.29, 1.82) is 0 Å². The van der Waals surface area contributed by atoms with Crippen molar-refractivity contribution in [2.45, 2.75) is 13.5 Å². The minimum atomic E-state index is -0.574. The van der Waals surface area contributed by atoms with E-state index in [-0.39, 0.29) is 17.9 Å². The van der Waals surface area contributed by atoms with Crippen LogP contribution in [0.15, 0.2) is 28.8 Å². The van der Waals surface area contributed by atoms with Gasteiger partial charge in [0.15, 0.2) is 17.9 Å². The van der Waals surface area contributed by atoms with Gasteiger partial charge in [0.1, 0.15) is 18.1 Å². The molecular formula is C12H10FNO3. The van der Waals surface area contributed by atoms with Crippen molar-refractivity contribution in [3.8, 4) is 5.75 Å². The van der Waals surface area contributed by atoms with Crippen LogP contribution in [0.25, 0.3) is 0 Å². The molecule has 0 fully saturated rings. The Morgan fingerprint density at radius 2 is 2.35 bits per heavy atom. The van der Waals surface area contributed by atoms with Crippen LogP contribution in [-0.2, 0) is 6.61 Å². The highest BCUT2D eigenvalue weighted by molar-refractivity contribution is 5.79. The number of benzene rings is 1. The van der Waals surface area contributed by atoms with Crippen molar-refractivity contribution in [2.75, 3.05) is 0 Å². The first-order chi connectivity index (χ1) is 8.20. The summed E-state index contributed by atoms with van der Waals surface area (Å²) in [7, 11) is 0. The number of aldehydes is 1. The number of rotatable bonds is 4. The summed E-state index contributed by atoms with van der Waals surface area (Å²) in [5, 5.41) is 3.71. The van der Waals surface area contributed by atoms with Gasteiger partial charge < -0.3 is 9.26 Å². The number of carbonyl (C=O) groups is 1. The Kier molecular flexibility index (Phi) is 3.18. The minimum Gasteiger partial charge on any atom is -0.483 e. The SMILES string of the molecule is Cc1cc(COc2c(F)cccc2C=O)no1. The lowest BCUT2D eigenvalue weighted by molar-refractivity contribution is 0.111. The van der Waals surface area contributed by atoms with Crippen molar-refractivity contribution in [2.24, 2.45) is 0 Å². The highest BCUT2D eigenvalue weighted by atomic mass is 19.1. The molecule has 5 heteroatoms. The summed E-state index contributed by atoms with van der Waals surface area (Å²) in [4.78, 5) is 10.7. The third-order valence-corrected chi connectivity index (χ3v) is 2.17. The van der Waals surface area contributed by atoms with E-state index in [4.69, 9.17) is 9.26 Å². The summed E-state index contributed by atoms with van der Waals surface area (Å²) >= 11 is 0. The zero-order chi connectivity index (χ0) is 12.3. The lowest BCUT2D eigenvalue weighted by Crippen LogP contribution is -2.00. The molecular weight excluding hydrogens is 225 g/mol. The predicted molar refractivity (Wildman–Crippen MR) is 57.4 cm³/mol. The molecule has 0 saturated heterocycles. The lowest BCUT2D eigenvalue weighted by Gasteiger charge is -2.07. The number of aromatic nitrogens is 1. The number of halogens is 1. The fourth-order valence-corrected chi connectivity index (χ4v) is 1.40. The van der Waals surface area contributed by atoms with Gasteiger partial charge in [0.2, 0.25) is 0 Å². The second-order valence-electron chi connectivity index (χ2n) is 3.49. The van der Waals surface area contributed by atoms with Crippen LogP contribution in [0.4, 0.5) is 4.39 Å². The minimum absolute atomic E-state index is 0.0547. The molecule has 0 spiro atoms. The lowest BCUT2D eigenvalue weighted by atomic mass is 10.2. The van der Waals surface area contributed by atoms with E-state index in [0.29, 0.717) is 17.7 Å². The van der Waals surface area contributed by atoms with Crippen LogP contribution in [0.1, 0.15) is 21.8 Å². The van der Waals surface area contributed by atoms with Crippen LogP contribution >= 0.6 is 0 Å². The summed E-state index contributed by atoms with van der Waals surface area (Å²) in [5.74, 6) is 0.00529. The van der Waals surface area contributed by atoms with E-state index in [2.05, 4.69) is 5.16 Å². The molecule has 0 aliphatic rings. The molecule has 17 heavy (non-hydrogen) atoms. The van der Waals surface area contributed by atoms with Gasteiger partial charge in [-0.05, 0) is 19.1 Å². The molecule has 0 aliphatic heterocycles. The standard InChI is InChI=1S/C12H10FNO3/c1-8-5-10(14-17-8)7-16-12-9(6-15)3-2-4-11(12)13/h2-6H,7H2,1H3. The number of hydrogen-bond donors (Lipinski definition) is 0. The topological polar surface area (TPSA) is 52.3 Å². The molecule has 2 rings (SSSR count). The molecule has 0 amide bonds. The highest BCUT2D eigenvalue weighted by Crippen LogP contribution is 2.22. The summed E-state index contributed by atoms with van der Waals surface area (Å²) in [6.07, 6.45) is 0.548. The maximum Gasteiger partial charge on any atom is 0.166 e. The van der Waals surface area contributed by atoms with Gasteiger partial charge >= 0.3 is 0 Å². The summed E-state index contributed by atoms with van der Waals surface area (Å²) < 4.78 is 23.5. The fourth-order valence-electron chi connectivity index (χ4n) is 1.40. The van der Waals surface area contributed by atoms with E-state index in [1.165, 1.54) is 18.2 Å². The second kappa shape index (κ2) is 4.78. The Hall–Kier alpha value is -2.17. The van der Waals surface area contributed by atoms with E-state index in [0.717, 1.165) is 0 Å². The van der Waals surface area contributed by atoms with Crippen LogP contribution < -0.4 is 4.74 Å².